The van der Waals surface area contributed by atoms with E-state index < -0.39 is 0 Å². The molecule has 0 aliphatic carbocycles. The molecule has 1 unspecified atom stereocenters. The Morgan fingerprint density at radius 2 is 1.42 bits per heavy atom. The van der Waals surface area contributed by atoms with Crippen LogP contribution in [0.5, 0.6) is 5.75 Å². The Morgan fingerprint density at radius 3 is 1.96 bits per heavy atom. The van der Waals surface area contributed by atoms with Crippen molar-refractivity contribution >= 4 is 15.9 Å². The molecule has 0 fully saturated rings. The van der Waals surface area contributed by atoms with Gasteiger partial charge in [-0.1, -0.05) is 62.4 Å². The summed E-state index contributed by atoms with van der Waals surface area (Å²) >= 11 is 3.45. The van der Waals surface area contributed by atoms with Crippen LogP contribution in [0.1, 0.15) is 65.7 Å². The predicted octanol–water partition coefficient (Wildman–Crippen LogP) is 6.35. The summed E-state index contributed by atoms with van der Waals surface area (Å²) in [7, 11) is 0. The van der Waals surface area contributed by atoms with Crippen LogP contribution < -0.4 is 4.74 Å². The lowest BCUT2D eigenvalue weighted by Gasteiger charge is -2.27. The summed E-state index contributed by atoms with van der Waals surface area (Å²) in [6, 6.07) is 7.87. The zero-order chi connectivity index (χ0) is 17.6. The van der Waals surface area contributed by atoms with Gasteiger partial charge in [-0.3, -0.25) is 0 Å². The van der Waals surface area contributed by atoms with Crippen molar-refractivity contribution in [1.82, 2.24) is 0 Å². The van der Waals surface area contributed by atoms with Crippen LogP contribution in [-0.4, -0.2) is 25.6 Å². The fraction of sp³-hybridized carbons (Fsp3) is 0.700. The SMILES string of the molecule is CCCCCOC(CC)[C@@H](OCCCCC)Oc1ccc(Br)cc1. The highest BCUT2D eigenvalue weighted by atomic mass is 79.9. The molecule has 138 valence electrons. The van der Waals surface area contributed by atoms with Crippen molar-refractivity contribution in [1.29, 1.82) is 0 Å². The van der Waals surface area contributed by atoms with E-state index in [1.165, 1.54) is 25.7 Å². The lowest BCUT2D eigenvalue weighted by molar-refractivity contribution is -0.165. The number of unbranched alkanes of at least 4 members (excludes halogenated alkanes) is 4. The van der Waals surface area contributed by atoms with Gasteiger partial charge in [-0.05, 0) is 43.5 Å². The fourth-order valence-electron chi connectivity index (χ4n) is 2.39. The third kappa shape index (κ3) is 9.05. The minimum Gasteiger partial charge on any atom is -0.462 e. The van der Waals surface area contributed by atoms with E-state index in [1.807, 2.05) is 24.3 Å². The number of halogens is 1. The average molecular weight is 401 g/mol. The largest absolute Gasteiger partial charge is 0.462 e. The first kappa shape index (κ1) is 21.5. The molecule has 0 saturated heterocycles. The molecule has 0 aromatic heterocycles. The van der Waals surface area contributed by atoms with Crippen LogP contribution >= 0.6 is 15.9 Å². The Bertz CT molecular complexity index is 408. The van der Waals surface area contributed by atoms with E-state index >= 15 is 0 Å². The molecule has 24 heavy (non-hydrogen) atoms. The summed E-state index contributed by atoms with van der Waals surface area (Å²) in [4.78, 5) is 0. The molecule has 0 aliphatic rings. The molecule has 4 heteroatoms. The van der Waals surface area contributed by atoms with Gasteiger partial charge in [-0.2, -0.15) is 0 Å². The van der Waals surface area contributed by atoms with Gasteiger partial charge < -0.3 is 14.2 Å². The van der Waals surface area contributed by atoms with Gasteiger partial charge in [0.1, 0.15) is 11.9 Å². The maximum absolute atomic E-state index is 6.09. The van der Waals surface area contributed by atoms with Gasteiger partial charge in [0.05, 0.1) is 6.61 Å². The van der Waals surface area contributed by atoms with E-state index in [0.29, 0.717) is 6.61 Å². The Labute approximate surface area is 156 Å². The van der Waals surface area contributed by atoms with Crippen LogP contribution in [-0.2, 0) is 9.47 Å². The first-order valence-electron chi connectivity index (χ1n) is 9.36. The number of ether oxygens (including phenoxy) is 3. The van der Waals surface area contributed by atoms with Gasteiger partial charge in [0, 0.05) is 11.1 Å². The molecule has 1 aromatic rings. The predicted molar refractivity (Wildman–Crippen MR) is 104 cm³/mol. The van der Waals surface area contributed by atoms with E-state index in [9.17, 15) is 0 Å². The van der Waals surface area contributed by atoms with Crippen molar-refractivity contribution in [3.8, 4) is 5.75 Å². The van der Waals surface area contributed by atoms with Gasteiger partial charge in [-0.25, -0.2) is 0 Å². The second-order valence-electron chi connectivity index (χ2n) is 6.04. The Morgan fingerprint density at radius 1 is 0.833 bits per heavy atom. The third-order valence-corrected chi connectivity index (χ3v) is 4.41. The van der Waals surface area contributed by atoms with Crippen molar-refractivity contribution in [2.24, 2.45) is 0 Å². The van der Waals surface area contributed by atoms with Gasteiger partial charge in [0.15, 0.2) is 0 Å². The van der Waals surface area contributed by atoms with Crippen molar-refractivity contribution < 1.29 is 14.2 Å². The van der Waals surface area contributed by atoms with Crippen LogP contribution in [0.4, 0.5) is 0 Å². The summed E-state index contributed by atoms with van der Waals surface area (Å²) < 4.78 is 19.2. The molecule has 0 heterocycles. The monoisotopic (exact) mass is 400 g/mol. The minimum atomic E-state index is -0.352. The molecular weight excluding hydrogens is 368 g/mol. The van der Waals surface area contributed by atoms with E-state index in [2.05, 4.69) is 36.7 Å². The van der Waals surface area contributed by atoms with Crippen molar-refractivity contribution in [2.75, 3.05) is 13.2 Å². The van der Waals surface area contributed by atoms with E-state index in [1.54, 1.807) is 0 Å². The molecule has 3 nitrogen and oxygen atoms in total. The van der Waals surface area contributed by atoms with Crippen LogP contribution in [0.3, 0.4) is 0 Å². The highest BCUT2D eigenvalue weighted by Gasteiger charge is 2.23. The third-order valence-electron chi connectivity index (χ3n) is 3.88. The molecule has 1 rings (SSSR count). The highest BCUT2D eigenvalue weighted by molar-refractivity contribution is 9.10. The van der Waals surface area contributed by atoms with Crippen molar-refractivity contribution in [3.63, 3.8) is 0 Å². The maximum atomic E-state index is 6.09. The topological polar surface area (TPSA) is 27.7 Å². The molecule has 0 saturated carbocycles. The zero-order valence-electron chi connectivity index (χ0n) is 15.4. The number of rotatable bonds is 14. The summed E-state index contributed by atoms with van der Waals surface area (Å²) in [6.07, 6.45) is 7.41. The summed E-state index contributed by atoms with van der Waals surface area (Å²) in [5.41, 5.74) is 0. The number of hydrogen-bond donors (Lipinski definition) is 0. The summed E-state index contributed by atoms with van der Waals surface area (Å²) in [6.45, 7) is 8.00. The Balaban J connectivity index is 2.60. The first-order chi connectivity index (χ1) is 11.7. The van der Waals surface area contributed by atoms with Crippen LogP contribution in [0.25, 0.3) is 0 Å². The zero-order valence-corrected chi connectivity index (χ0v) is 17.0. The van der Waals surface area contributed by atoms with Crippen molar-refractivity contribution in [3.05, 3.63) is 28.7 Å². The Kier molecular flexibility index (Phi) is 12.2. The van der Waals surface area contributed by atoms with Crippen LogP contribution in [0, 0.1) is 0 Å². The average Bonchev–Trinajstić information content (AvgIpc) is 2.60. The van der Waals surface area contributed by atoms with Gasteiger partial charge >= 0.3 is 0 Å². The number of benzene rings is 1. The molecule has 0 spiro atoms. The highest BCUT2D eigenvalue weighted by Crippen LogP contribution is 2.21. The lowest BCUT2D eigenvalue weighted by Crippen LogP contribution is -2.36. The molecule has 2 atom stereocenters. The molecule has 1 aromatic carbocycles. The smallest absolute Gasteiger partial charge is 0.226 e. The summed E-state index contributed by atoms with van der Waals surface area (Å²) in [5.74, 6) is 0.814. The molecule has 0 amide bonds. The van der Waals surface area contributed by atoms with Gasteiger partial charge in [0.25, 0.3) is 0 Å². The van der Waals surface area contributed by atoms with E-state index in [-0.39, 0.29) is 12.4 Å². The van der Waals surface area contributed by atoms with Gasteiger partial charge in [-0.15, -0.1) is 0 Å². The van der Waals surface area contributed by atoms with Crippen molar-refractivity contribution in [2.45, 2.75) is 78.1 Å². The molecule has 0 bridgehead atoms. The quantitative estimate of drug-likeness (QED) is 0.269. The molecule has 0 N–H and O–H groups in total. The molecular formula is C20H33BrO3. The van der Waals surface area contributed by atoms with Crippen LogP contribution in [0.15, 0.2) is 28.7 Å². The van der Waals surface area contributed by atoms with E-state index in [0.717, 1.165) is 36.1 Å². The van der Waals surface area contributed by atoms with Gasteiger partial charge in [0.2, 0.25) is 6.29 Å². The van der Waals surface area contributed by atoms with E-state index in [4.69, 9.17) is 14.2 Å². The minimum absolute atomic E-state index is 0.0351. The second kappa shape index (κ2) is 13.7. The first-order valence-corrected chi connectivity index (χ1v) is 10.2. The Hall–Kier alpha value is -0.580. The second-order valence-corrected chi connectivity index (χ2v) is 6.96. The normalized spacial score (nSPS) is 13.7. The molecule has 0 radical (unpaired) electrons. The maximum Gasteiger partial charge on any atom is 0.226 e. The van der Waals surface area contributed by atoms with Crippen LogP contribution in [0.2, 0.25) is 0 Å². The number of hydrogen-bond acceptors (Lipinski definition) is 3. The molecule has 0 aliphatic heterocycles. The fourth-order valence-corrected chi connectivity index (χ4v) is 2.66. The summed E-state index contributed by atoms with van der Waals surface area (Å²) in [5, 5.41) is 0. The standard InChI is InChI=1S/C20H33BrO3/c1-4-7-9-15-22-19(6-3)20(23-16-10-8-5-2)24-18-13-11-17(21)12-14-18/h11-14,19-20H,4-10,15-16H2,1-3H3/t19?,20-/m0/s1. The lowest BCUT2D eigenvalue weighted by atomic mass is 10.2.